The van der Waals surface area contributed by atoms with Crippen molar-refractivity contribution in [1.82, 2.24) is 14.9 Å². The molecule has 1 unspecified atom stereocenters. The van der Waals surface area contributed by atoms with Crippen LogP contribution >= 0.6 is 35.1 Å². The molecular formula is C22H21ClN4OS2. The summed E-state index contributed by atoms with van der Waals surface area (Å²) in [5.41, 5.74) is 2.10. The van der Waals surface area contributed by atoms with Crippen molar-refractivity contribution < 1.29 is 4.74 Å². The molecule has 0 saturated heterocycles. The molecule has 5 rings (SSSR count). The molecule has 3 heterocycles. The molecule has 0 bridgehead atoms. The first-order valence-corrected chi connectivity index (χ1v) is 11.8. The molecule has 0 radical (unpaired) electrons. The number of halogens is 1. The van der Waals surface area contributed by atoms with Crippen LogP contribution < -0.4 is 9.75 Å². The fraction of sp³-hybridized carbons (Fsp3) is 0.273. The standard InChI is InChI=1S/C22H21ClN4OS2/c1-22(2,3)20-24-25-21-27(20)26-18(30-21)13-29-19(26)14-8-10-16(11-9-14)28-12-15-6-4-5-7-17(15)23/h4-11,13,19H,12H2,1-3H3. The highest BCUT2D eigenvalue weighted by Gasteiger charge is 2.41. The molecule has 3 aromatic rings. The van der Waals surface area contributed by atoms with E-state index in [1.54, 1.807) is 23.5 Å². The van der Waals surface area contributed by atoms with Crippen molar-refractivity contribution in [3.63, 3.8) is 0 Å². The smallest absolute Gasteiger partial charge is 0.216 e. The Labute approximate surface area is 189 Å². The Bertz CT molecular complexity index is 1120. The van der Waals surface area contributed by atoms with Gasteiger partial charge >= 0.3 is 0 Å². The van der Waals surface area contributed by atoms with Gasteiger partial charge in [0.1, 0.15) is 22.8 Å². The molecule has 0 aliphatic carbocycles. The molecule has 5 nitrogen and oxygen atoms in total. The zero-order chi connectivity index (χ0) is 20.9. The van der Waals surface area contributed by atoms with E-state index >= 15 is 0 Å². The van der Waals surface area contributed by atoms with E-state index in [0.29, 0.717) is 6.61 Å². The average Bonchev–Trinajstić information content (AvgIpc) is 3.38. The topological polar surface area (TPSA) is 43.2 Å². The third-order valence-corrected chi connectivity index (χ3v) is 7.52. The van der Waals surface area contributed by atoms with Crippen molar-refractivity contribution in [2.45, 2.75) is 43.3 Å². The molecule has 1 atom stereocenters. The van der Waals surface area contributed by atoms with Crippen LogP contribution in [0.2, 0.25) is 5.02 Å². The summed E-state index contributed by atoms with van der Waals surface area (Å²) in [6, 6.07) is 16.0. The fourth-order valence-corrected chi connectivity index (χ4v) is 5.85. The Morgan fingerprint density at radius 3 is 2.57 bits per heavy atom. The Hall–Kier alpha value is -2.09. The highest BCUT2D eigenvalue weighted by Crippen LogP contribution is 2.52. The van der Waals surface area contributed by atoms with E-state index in [0.717, 1.165) is 27.3 Å². The number of thioether (sulfide) groups is 2. The van der Waals surface area contributed by atoms with Gasteiger partial charge in [-0.15, -0.1) is 10.2 Å². The lowest BCUT2D eigenvalue weighted by Gasteiger charge is -2.29. The van der Waals surface area contributed by atoms with E-state index in [2.05, 4.69) is 58.2 Å². The molecule has 30 heavy (non-hydrogen) atoms. The van der Waals surface area contributed by atoms with Crippen molar-refractivity contribution in [1.29, 1.82) is 0 Å². The minimum Gasteiger partial charge on any atom is -0.489 e. The molecular weight excluding hydrogens is 436 g/mol. The van der Waals surface area contributed by atoms with Crippen LogP contribution in [0.15, 0.2) is 64.1 Å². The van der Waals surface area contributed by atoms with Gasteiger partial charge in [-0.1, -0.05) is 74.5 Å². The van der Waals surface area contributed by atoms with E-state index in [9.17, 15) is 0 Å². The summed E-state index contributed by atoms with van der Waals surface area (Å²) < 4.78 is 8.11. The predicted molar refractivity (Wildman–Crippen MR) is 123 cm³/mol. The Kier molecular flexibility index (Phi) is 5.00. The van der Waals surface area contributed by atoms with Gasteiger partial charge in [-0.25, -0.2) is 4.68 Å². The molecule has 0 N–H and O–H groups in total. The first kappa shape index (κ1) is 19.8. The van der Waals surface area contributed by atoms with Crippen LogP contribution in [0.3, 0.4) is 0 Å². The summed E-state index contributed by atoms with van der Waals surface area (Å²) in [7, 11) is 0. The molecule has 154 valence electrons. The highest BCUT2D eigenvalue weighted by molar-refractivity contribution is 8.07. The summed E-state index contributed by atoms with van der Waals surface area (Å²) in [6.07, 6.45) is 0. The van der Waals surface area contributed by atoms with E-state index in [1.165, 1.54) is 10.6 Å². The predicted octanol–water partition coefficient (Wildman–Crippen LogP) is 6.10. The zero-order valence-corrected chi connectivity index (χ0v) is 19.3. The van der Waals surface area contributed by atoms with Gasteiger partial charge in [0.25, 0.3) is 0 Å². The van der Waals surface area contributed by atoms with Gasteiger partial charge in [0, 0.05) is 21.4 Å². The van der Waals surface area contributed by atoms with Crippen LogP contribution in [-0.2, 0) is 12.0 Å². The molecule has 0 fully saturated rings. The number of benzene rings is 2. The largest absolute Gasteiger partial charge is 0.489 e. The summed E-state index contributed by atoms with van der Waals surface area (Å²) in [5.74, 6) is 1.80. The van der Waals surface area contributed by atoms with Gasteiger partial charge in [-0.05, 0) is 35.5 Å². The molecule has 2 aliphatic heterocycles. The molecule has 0 saturated carbocycles. The number of rotatable bonds is 4. The van der Waals surface area contributed by atoms with Gasteiger partial charge in [0.15, 0.2) is 5.82 Å². The van der Waals surface area contributed by atoms with E-state index in [1.807, 2.05) is 36.4 Å². The Morgan fingerprint density at radius 1 is 1.07 bits per heavy atom. The lowest BCUT2D eigenvalue weighted by molar-refractivity contribution is 0.306. The number of ether oxygens (including phenoxy) is 1. The molecule has 0 spiro atoms. The number of hydrogen-bond donors (Lipinski definition) is 0. The van der Waals surface area contributed by atoms with Gasteiger partial charge < -0.3 is 4.74 Å². The highest BCUT2D eigenvalue weighted by atomic mass is 35.5. The lowest BCUT2D eigenvalue weighted by Crippen LogP contribution is -2.34. The normalized spacial score (nSPS) is 17.7. The maximum atomic E-state index is 6.22. The maximum absolute atomic E-state index is 6.22. The summed E-state index contributed by atoms with van der Waals surface area (Å²) >= 11 is 9.69. The summed E-state index contributed by atoms with van der Waals surface area (Å²) in [4.78, 5) is 0. The van der Waals surface area contributed by atoms with Crippen molar-refractivity contribution in [3.05, 3.63) is 80.9 Å². The Morgan fingerprint density at radius 2 is 1.83 bits per heavy atom. The minimum absolute atomic E-state index is 0.0878. The van der Waals surface area contributed by atoms with E-state index in [-0.39, 0.29) is 10.8 Å². The summed E-state index contributed by atoms with van der Waals surface area (Å²) in [5, 5.41) is 16.3. The quantitative estimate of drug-likeness (QED) is 0.472. The van der Waals surface area contributed by atoms with Crippen LogP contribution in [-0.4, -0.2) is 14.9 Å². The third kappa shape index (κ3) is 3.49. The van der Waals surface area contributed by atoms with Gasteiger partial charge in [-0.2, -0.15) is 0 Å². The zero-order valence-electron chi connectivity index (χ0n) is 16.9. The maximum Gasteiger partial charge on any atom is 0.216 e. The van der Waals surface area contributed by atoms with E-state index < -0.39 is 0 Å². The second-order valence-electron chi connectivity index (χ2n) is 8.21. The first-order chi connectivity index (χ1) is 14.4. The van der Waals surface area contributed by atoms with Crippen LogP contribution in [0.5, 0.6) is 5.75 Å². The second-order valence-corrected chi connectivity index (χ2v) is 10.6. The molecule has 2 aliphatic rings. The number of nitrogens with zero attached hydrogens (tertiary/aromatic N) is 4. The number of aromatic nitrogens is 3. The van der Waals surface area contributed by atoms with Crippen LogP contribution in [0, 0.1) is 0 Å². The lowest BCUT2D eigenvalue weighted by atomic mass is 9.96. The van der Waals surface area contributed by atoms with Crippen molar-refractivity contribution in [3.8, 4) is 5.75 Å². The SMILES string of the molecule is CC(C)(C)c1nnc2n1N1C(=CSC1c1ccc(OCc3ccccc3Cl)cc1)S2. The number of hydrogen-bond acceptors (Lipinski definition) is 6. The molecule has 8 heteroatoms. The van der Waals surface area contributed by atoms with Crippen molar-refractivity contribution >= 4 is 35.1 Å². The minimum atomic E-state index is -0.0878. The van der Waals surface area contributed by atoms with Crippen LogP contribution in [0.25, 0.3) is 0 Å². The monoisotopic (exact) mass is 456 g/mol. The summed E-state index contributed by atoms with van der Waals surface area (Å²) in [6.45, 7) is 6.95. The molecule has 1 aromatic heterocycles. The first-order valence-electron chi connectivity index (χ1n) is 9.67. The fourth-order valence-electron chi connectivity index (χ4n) is 3.43. The molecule has 2 aromatic carbocycles. The number of fused-ring (bicyclic) bond motifs is 3. The van der Waals surface area contributed by atoms with Gasteiger partial charge in [0.05, 0.1) is 0 Å². The third-order valence-electron chi connectivity index (χ3n) is 4.96. The van der Waals surface area contributed by atoms with Crippen LogP contribution in [0.1, 0.15) is 43.1 Å². The van der Waals surface area contributed by atoms with Gasteiger partial charge in [-0.3, -0.25) is 5.01 Å². The van der Waals surface area contributed by atoms with Gasteiger partial charge in [0.2, 0.25) is 5.16 Å². The average molecular weight is 457 g/mol. The molecule has 0 amide bonds. The van der Waals surface area contributed by atoms with Crippen LogP contribution in [0.4, 0.5) is 0 Å². The Balaban J connectivity index is 1.36. The van der Waals surface area contributed by atoms with E-state index in [4.69, 9.17) is 16.3 Å². The van der Waals surface area contributed by atoms with Crippen molar-refractivity contribution in [2.75, 3.05) is 5.01 Å². The second kappa shape index (κ2) is 7.55. The van der Waals surface area contributed by atoms with Crippen molar-refractivity contribution in [2.24, 2.45) is 0 Å².